The van der Waals surface area contributed by atoms with E-state index in [1.54, 1.807) is 0 Å². The van der Waals surface area contributed by atoms with Crippen LogP contribution in [0.2, 0.25) is 0 Å². The van der Waals surface area contributed by atoms with Crippen molar-refractivity contribution in [1.82, 2.24) is 20.0 Å². The predicted octanol–water partition coefficient (Wildman–Crippen LogP) is -0.493. The molecule has 1 saturated heterocycles. The van der Waals surface area contributed by atoms with Crippen molar-refractivity contribution in [2.75, 3.05) is 13.1 Å². The van der Waals surface area contributed by atoms with Gasteiger partial charge in [-0.05, 0) is 19.4 Å². The molecule has 0 radical (unpaired) electrons. The second-order valence-electron chi connectivity index (χ2n) is 3.71. The molecule has 16 heavy (non-hydrogen) atoms. The topological polar surface area (TPSA) is 84.0 Å². The molecule has 1 fully saturated rings. The van der Waals surface area contributed by atoms with Crippen LogP contribution in [-0.2, 0) is 10.0 Å². The minimum absolute atomic E-state index is 0.0272. The fourth-order valence-electron chi connectivity index (χ4n) is 1.66. The van der Waals surface area contributed by atoms with E-state index >= 15 is 0 Å². The van der Waals surface area contributed by atoms with Gasteiger partial charge in [0.2, 0.25) is 0 Å². The highest BCUT2D eigenvalue weighted by Crippen LogP contribution is 2.07. The number of sulfonamides is 1. The lowest BCUT2D eigenvalue weighted by Gasteiger charge is -2.23. The summed E-state index contributed by atoms with van der Waals surface area (Å²) in [4.78, 5) is 7.53. The summed E-state index contributed by atoms with van der Waals surface area (Å²) in [6.45, 7) is 1.61. The van der Waals surface area contributed by atoms with E-state index in [4.69, 9.17) is 0 Å². The molecule has 0 bridgehead atoms. The van der Waals surface area contributed by atoms with Crippen LogP contribution in [0.15, 0.2) is 23.6 Å². The first-order chi connectivity index (χ1) is 7.68. The van der Waals surface area contributed by atoms with Crippen molar-refractivity contribution in [3.05, 3.63) is 18.6 Å². The van der Waals surface area contributed by atoms with Gasteiger partial charge in [-0.15, -0.1) is 0 Å². The Labute approximate surface area is 94.6 Å². The van der Waals surface area contributed by atoms with Crippen LogP contribution in [0.4, 0.5) is 0 Å². The van der Waals surface area contributed by atoms with Gasteiger partial charge in [0.1, 0.15) is 0 Å². The van der Waals surface area contributed by atoms with Crippen LogP contribution in [0.3, 0.4) is 0 Å². The molecule has 7 heteroatoms. The normalized spacial score (nSPS) is 21.9. The summed E-state index contributed by atoms with van der Waals surface area (Å²) in [7, 11) is -3.52. The van der Waals surface area contributed by atoms with Gasteiger partial charge in [0.15, 0.2) is 5.03 Å². The first kappa shape index (κ1) is 11.4. The highest BCUT2D eigenvalue weighted by Gasteiger charge is 2.22. The Balaban J connectivity index is 2.08. The lowest BCUT2D eigenvalue weighted by Crippen LogP contribution is -2.45. The van der Waals surface area contributed by atoms with Gasteiger partial charge in [0.05, 0.1) is 6.20 Å². The third-order valence-electron chi connectivity index (χ3n) is 2.43. The molecule has 2 heterocycles. The summed E-state index contributed by atoms with van der Waals surface area (Å²) < 4.78 is 26.3. The minimum Gasteiger partial charge on any atom is -0.315 e. The van der Waals surface area contributed by atoms with E-state index in [0.29, 0.717) is 6.54 Å². The van der Waals surface area contributed by atoms with Crippen molar-refractivity contribution in [2.24, 2.45) is 0 Å². The Morgan fingerprint density at radius 1 is 1.44 bits per heavy atom. The van der Waals surface area contributed by atoms with Crippen molar-refractivity contribution in [1.29, 1.82) is 0 Å². The number of aromatic nitrogens is 2. The van der Waals surface area contributed by atoms with Gasteiger partial charge in [0, 0.05) is 25.0 Å². The molecule has 0 aromatic carbocycles. The summed E-state index contributed by atoms with van der Waals surface area (Å²) in [6.07, 6.45) is 5.90. The molecule has 0 amide bonds. The number of hydrogen-bond donors (Lipinski definition) is 2. The molecule has 1 aromatic heterocycles. The van der Waals surface area contributed by atoms with Crippen LogP contribution in [0, 0.1) is 0 Å². The van der Waals surface area contributed by atoms with E-state index in [2.05, 4.69) is 20.0 Å². The van der Waals surface area contributed by atoms with Crippen molar-refractivity contribution in [2.45, 2.75) is 23.9 Å². The minimum atomic E-state index is -3.52. The number of rotatable bonds is 3. The smallest absolute Gasteiger partial charge is 0.259 e. The zero-order valence-corrected chi connectivity index (χ0v) is 9.57. The van der Waals surface area contributed by atoms with Crippen molar-refractivity contribution < 1.29 is 8.42 Å². The summed E-state index contributed by atoms with van der Waals surface area (Å²) in [6, 6.07) is -0.0549. The molecule has 88 valence electrons. The molecule has 1 atom stereocenters. The maximum atomic E-state index is 11.9. The zero-order valence-electron chi connectivity index (χ0n) is 8.76. The zero-order chi connectivity index (χ0) is 11.4. The van der Waals surface area contributed by atoms with Gasteiger partial charge in [-0.3, -0.25) is 4.98 Å². The van der Waals surface area contributed by atoms with Crippen LogP contribution < -0.4 is 10.0 Å². The molecule has 1 aliphatic heterocycles. The quantitative estimate of drug-likeness (QED) is 0.747. The number of nitrogens with one attached hydrogen (secondary N) is 2. The Morgan fingerprint density at radius 2 is 2.31 bits per heavy atom. The first-order valence-electron chi connectivity index (χ1n) is 5.17. The Hall–Kier alpha value is -1.05. The molecule has 0 unspecified atom stereocenters. The Morgan fingerprint density at radius 3 is 2.94 bits per heavy atom. The molecule has 0 saturated carbocycles. The molecule has 0 aliphatic carbocycles. The molecular weight excluding hydrogens is 228 g/mol. The summed E-state index contributed by atoms with van der Waals surface area (Å²) in [5, 5.41) is 3.12. The van der Waals surface area contributed by atoms with Crippen LogP contribution in [0.1, 0.15) is 12.8 Å². The standard InChI is InChI=1S/C9H14N4O2S/c14-16(15,9-7-11-4-5-12-9)13-8-2-1-3-10-6-8/h4-5,7-8,10,13H,1-3,6H2/t8-/m1/s1. The molecule has 0 spiro atoms. The summed E-state index contributed by atoms with van der Waals surface area (Å²) >= 11 is 0. The number of nitrogens with zero attached hydrogens (tertiary/aromatic N) is 2. The molecule has 2 N–H and O–H groups in total. The molecule has 2 rings (SSSR count). The first-order valence-corrected chi connectivity index (χ1v) is 6.66. The third kappa shape index (κ3) is 2.75. The highest BCUT2D eigenvalue weighted by molar-refractivity contribution is 7.89. The molecular formula is C9H14N4O2S. The maximum Gasteiger partial charge on any atom is 0.259 e. The van der Waals surface area contributed by atoms with E-state index < -0.39 is 10.0 Å². The van der Waals surface area contributed by atoms with Gasteiger partial charge in [-0.2, -0.15) is 0 Å². The average molecular weight is 242 g/mol. The lowest BCUT2D eigenvalue weighted by molar-refractivity contribution is 0.428. The van der Waals surface area contributed by atoms with E-state index in [-0.39, 0.29) is 11.1 Å². The van der Waals surface area contributed by atoms with Crippen molar-refractivity contribution in [3.8, 4) is 0 Å². The van der Waals surface area contributed by atoms with Crippen LogP contribution in [0.25, 0.3) is 0 Å². The Kier molecular flexibility index (Phi) is 3.47. The molecule has 1 aromatic rings. The van der Waals surface area contributed by atoms with Crippen molar-refractivity contribution >= 4 is 10.0 Å². The largest absolute Gasteiger partial charge is 0.315 e. The second kappa shape index (κ2) is 4.86. The van der Waals surface area contributed by atoms with Gasteiger partial charge in [-0.1, -0.05) is 0 Å². The number of hydrogen-bond acceptors (Lipinski definition) is 5. The van der Waals surface area contributed by atoms with Crippen LogP contribution in [0.5, 0.6) is 0 Å². The third-order valence-corrected chi connectivity index (χ3v) is 3.84. The maximum absolute atomic E-state index is 11.9. The SMILES string of the molecule is O=S(=O)(N[C@@H]1CCCNC1)c1cnccn1. The van der Waals surface area contributed by atoms with Gasteiger partial charge < -0.3 is 5.32 Å². The summed E-state index contributed by atoms with van der Waals surface area (Å²) in [5.74, 6) is 0. The van der Waals surface area contributed by atoms with Crippen LogP contribution >= 0.6 is 0 Å². The fourth-order valence-corrected chi connectivity index (χ4v) is 2.82. The fraction of sp³-hybridized carbons (Fsp3) is 0.556. The van der Waals surface area contributed by atoms with Gasteiger partial charge in [-0.25, -0.2) is 18.1 Å². The van der Waals surface area contributed by atoms with Gasteiger partial charge in [0.25, 0.3) is 10.0 Å². The summed E-state index contributed by atoms with van der Waals surface area (Å²) in [5.41, 5.74) is 0. The van der Waals surface area contributed by atoms with E-state index in [0.717, 1.165) is 19.4 Å². The van der Waals surface area contributed by atoms with E-state index in [1.165, 1.54) is 18.6 Å². The predicted molar refractivity (Wildman–Crippen MR) is 58.2 cm³/mol. The van der Waals surface area contributed by atoms with E-state index in [1.807, 2.05) is 0 Å². The second-order valence-corrected chi connectivity index (χ2v) is 5.37. The Bertz CT molecular complexity index is 428. The van der Waals surface area contributed by atoms with Gasteiger partial charge >= 0.3 is 0 Å². The molecule has 6 nitrogen and oxygen atoms in total. The lowest BCUT2D eigenvalue weighted by atomic mass is 10.1. The number of piperidine rings is 1. The average Bonchev–Trinajstić information content (AvgIpc) is 2.31. The van der Waals surface area contributed by atoms with Crippen LogP contribution in [-0.4, -0.2) is 37.5 Å². The van der Waals surface area contributed by atoms with Crippen molar-refractivity contribution in [3.63, 3.8) is 0 Å². The highest BCUT2D eigenvalue weighted by atomic mass is 32.2. The molecule has 1 aliphatic rings. The van der Waals surface area contributed by atoms with E-state index in [9.17, 15) is 8.42 Å². The monoisotopic (exact) mass is 242 g/mol.